The highest BCUT2D eigenvalue weighted by Gasteiger charge is 2.10. The van der Waals surface area contributed by atoms with Gasteiger partial charge in [-0.3, -0.25) is 0 Å². The largest absolute Gasteiger partial charge is 0.398 e. The molecule has 0 heterocycles. The Kier molecular flexibility index (Phi) is 4.09. The third kappa shape index (κ3) is 2.76. The number of hydrogen-bond donors (Lipinski definition) is 2. The SMILES string of the molecule is Nc1ccc(S(=O)c2ccc(N)c(Br)c2)cc1Br. The molecule has 0 amide bonds. The fraction of sp³-hybridized carbons (Fsp3) is 0. The van der Waals surface area contributed by atoms with Gasteiger partial charge in [0.2, 0.25) is 0 Å². The van der Waals surface area contributed by atoms with Crippen LogP contribution in [0.1, 0.15) is 0 Å². The summed E-state index contributed by atoms with van der Waals surface area (Å²) in [6.45, 7) is 0. The van der Waals surface area contributed by atoms with Crippen LogP contribution in [0.15, 0.2) is 55.1 Å². The molecule has 2 rings (SSSR count). The summed E-state index contributed by atoms with van der Waals surface area (Å²) in [5.41, 5.74) is 12.6. The van der Waals surface area contributed by atoms with E-state index in [1.54, 1.807) is 36.4 Å². The second-order valence-electron chi connectivity index (χ2n) is 3.64. The molecular formula is C12H10Br2N2OS. The van der Waals surface area contributed by atoms with E-state index in [0.29, 0.717) is 21.2 Å². The summed E-state index contributed by atoms with van der Waals surface area (Å²) in [5, 5.41) is 0. The maximum atomic E-state index is 12.4. The first kappa shape index (κ1) is 13.6. The Morgan fingerprint density at radius 1 is 0.833 bits per heavy atom. The molecule has 3 nitrogen and oxygen atoms in total. The number of rotatable bonds is 2. The average molecular weight is 390 g/mol. The van der Waals surface area contributed by atoms with Gasteiger partial charge in [-0.2, -0.15) is 0 Å². The number of anilines is 2. The molecule has 94 valence electrons. The maximum absolute atomic E-state index is 12.4. The second kappa shape index (κ2) is 5.42. The maximum Gasteiger partial charge on any atom is 0.0850 e. The van der Waals surface area contributed by atoms with Crippen molar-refractivity contribution in [1.82, 2.24) is 0 Å². The van der Waals surface area contributed by atoms with Gasteiger partial charge in [-0.05, 0) is 68.3 Å². The first-order valence-corrected chi connectivity index (χ1v) is 7.74. The smallest absolute Gasteiger partial charge is 0.0850 e. The molecule has 4 N–H and O–H groups in total. The topological polar surface area (TPSA) is 69.1 Å². The van der Waals surface area contributed by atoms with Crippen LogP contribution in [0, 0.1) is 0 Å². The van der Waals surface area contributed by atoms with Crippen LogP contribution in [-0.2, 0) is 10.8 Å². The molecule has 0 aliphatic heterocycles. The normalized spacial score (nSPS) is 10.8. The van der Waals surface area contributed by atoms with E-state index < -0.39 is 10.8 Å². The Balaban J connectivity index is 2.41. The van der Waals surface area contributed by atoms with Crippen LogP contribution in [-0.4, -0.2) is 4.21 Å². The second-order valence-corrected chi connectivity index (χ2v) is 6.82. The van der Waals surface area contributed by atoms with Gasteiger partial charge in [0, 0.05) is 30.1 Å². The van der Waals surface area contributed by atoms with Gasteiger partial charge in [-0.25, -0.2) is 4.21 Å². The fourth-order valence-corrected chi connectivity index (χ4v) is 3.55. The van der Waals surface area contributed by atoms with Gasteiger partial charge in [0.05, 0.1) is 10.8 Å². The highest BCUT2D eigenvalue weighted by atomic mass is 79.9. The van der Waals surface area contributed by atoms with Gasteiger partial charge in [0.1, 0.15) is 0 Å². The Morgan fingerprint density at radius 3 is 1.56 bits per heavy atom. The number of benzene rings is 2. The summed E-state index contributed by atoms with van der Waals surface area (Å²) in [4.78, 5) is 1.38. The molecule has 2 aromatic rings. The lowest BCUT2D eigenvalue weighted by molar-refractivity contribution is 0.683. The van der Waals surface area contributed by atoms with Crippen LogP contribution in [0.3, 0.4) is 0 Å². The molecule has 0 radical (unpaired) electrons. The third-order valence-electron chi connectivity index (χ3n) is 2.37. The number of nitrogens with two attached hydrogens (primary N) is 2. The molecule has 6 heteroatoms. The van der Waals surface area contributed by atoms with Crippen LogP contribution in [0.4, 0.5) is 11.4 Å². The molecule has 0 aromatic heterocycles. The Morgan fingerprint density at radius 2 is 1.22 bits per heavy atom. The molecule has 0 saturated heterocycles. The minimum absolute atomic E-state index is 0.620. The molecule has 0 fully saturated rings. The average Bonchev–Trinajstić information content (AvgIpc) is 2.35. The van der Waals surface area contributed by atoms with E-state index in [4.69, 9.17) is 11.5 Å². The van der Waals surface area contributed by atoms with E-state index >= 15 is 0 Å². The predicted octanol–water partition coefficient (Wildman–Crippen LogP) is 3.54. The number of hydrogen-bond acceptors (Lipinski definition) is 3. The molecule has 18 heavy (non-hydrogen) atoms. The van der Waals surface area contributed by atoms with Gasteiger partial charge >= 0.3 is 0 Å². The summed E-state index contributed by atoms with van der Waals surface area (Å²) in [5.74, 6) is 0. The lowest BCUT2D eigenvalue weighted by Gasteiger charge is -2.06. The van der Waals surface area contributed by atoms with Gasteiger partial charge in [0.25, 0.3) is 0 Å². The number of halogens is 2. The lowest BCUT2D eigenvalue weighted by Crippen LogP contribution is -1.96. The van der Waals surface area contributed by atoms with Crippen LogP contribution < -0.4 is 11.5 Å². The molecule has 0 spiro atoms. The van der Waals surface area contributed by atoms with Crippen molar-refractivity contribution in [2.24, 2.45) is 0 Å². The molecule has 0 bridgehead atoms. The van der Waals surface area contributed by atoms with Crippen molar-refractivity contribution in [2.75, 3.05) is 11.5 Å². The summed E-state index contributed by atoms with van der Waals surface area (Å²) < 4.78 is 13.8. The van der Waals surface area contributed by atoms with Crippen LogP contribution in [0.5, 0.6) is 0 Å². The van der Waals surface area contributed by atoms with E-state index in [1.807, 2.05) is 0 Å². The van der Waals surface area contributed by atoms with Crippen LogP contribution >= 0.6 is 31.9 Å². The number of nitrogen functional groups attached to an aromatic ring is 2. The van der Waals surface area contributed by atoms with Gasteiger partial charge in [-0.15, -0.1) is 0 Å². The zero-order valence-corrected chi connectivity index (χ0v) is 13.2. The van der Waals surface area contributed by atoms with E-state index in [-0.39, 0.29) is 0 Å². The Hall–Kier alpha value is -0.850. The van der Waals surface area contributed by atoms with Gasteiger partial charge in [-0.1, -0.05) is 0 Å². The third-order valence-corrected chi connectivity index (χ3v) is 5.11. The van der Waals surface area contributed by atoms with Crippen molar-refractivity contribution in [1.29, 1.82) is 0 Å². The monoisotopic (exact) mass is 388 g/mol. The van der Waals surface area contributed by atoms with E-state index in [2.05, 4.69) is 31.9 Å². The summed E-state index contributed by atoms with van der Waals surface area (Å²) in [7, 11) is -1.26. The van der Waals surface area contributed by atoms with Gasteiger partial charge in [0.15, 0.2) is 0 Å². The highest BCUT2D eigenvalue weighted by Crippen LogP contribution is 2.27. The van der Waals surface area contributed by atoms with Crippen LogP contribution in [0.25, 0.3) is 0 Å². The van der Waals surface area contributed by atoms with Crippen LogP contribution in [0.2, 0.25) is 0 Å². The van der Waals surface area contributed by atoms with Crippen molar-refractivity contribution in [3.63, 3.8) is 0 Å². The van der Waals surface area contributed by atoms with E-state index in [9.17, 15) is 4.21 Å². The first-order chi connectivity index (χ1) is 8.49. The minimum atomic E-state index is -1.26. The Labute approximate surface area is 124 Å². The molecule has 0 saturated carbocycles. The molecule has 0 unspecified atom stereocenters. The van der Waals surface area contributed by atoms with Crippen molar-refractivity contribution >= 4 is 54.0 Å². The molecule has 0 aliphatic rings. The zero-order chi connectivity index (χ0) is 13.3. The summed E-state index contributed by atoms with van der Waals surface area (Å²) in [6, 6.07) is 10.5. The Bertz CT molecular complexity index is 578. The molecule has 0 atom stereocenters. The lowest BCUT2D eigenvalue weighted by atomic mass is 10.3. The van der Waals surface area contributed by atoms with Gasteiger partial charge < -0.3 is 11.5 Å². The van der Waals surface area contributed by atoms with Crippen molar-refractivity contribution < 1.29 is 4.21 Å². The fourth-order valence-electron chi connectivity index (χ4n) is 1.38. The molecule has 2 aromatic carbocycles. The van der Waals surface area contributed by atoms with E-state index in [1.165, 1.54) is 0 Å². The predicted molar refractivity (Wildman–Crippen MR) is 81.8 cm³/mol. The summed E-state index contributed by atoms with van der Waals surface area (Å²) in [6.07, 6.45) is 0. The first-order valence-electron chi connectivity index (χ1n) is 5.01. The highest BCUT2D eigenvalue weighted by molar-refractivity contribution is 9.11. The minimum Gasteiger partial charge on any atom is -0.398 e. The van der Waals surface area contributed by atoms with E-state index in [0.717, 1.165) is 8.95 Å². The van der Waals surface area contributed by atoms with Crippen molar-refractivity contribution in [3.8, 4) is 0 Å². The van der Waals surface area contributed by atoms with Crippen molar-refractivity contribution in [3.05, 3.63) is 45.3 Å². The molecule has 0 aliphatic carbocycles. The van der Waals surface area contributed by atoms with Crippen molar-refractivity contribution in [2.45, 2.75) is 9.79 Å². The standard InChI is InChI=1S/C12H10Br2N2OS/c13-9-5-7(1-3-11(9)15)18(17)8-2-4-12(16)10(14)6-8/h1-6H,15-16H2. The quantitative estimate of drug-likeness (QED) is 0.771. The zero-order valence-electron chi connectivity index (χ0n) is 9.19. The summed E-state index contributed by atoms with van der Waals surface area (Å²) >= 11 is 6.65. The molecular weight excluding hydrogens is 380 g/mol.